The predicted molar refractivity (Wildman–Crippen MR) is 56.6 cm³/mol. The van der Waals surface area contributed by atoms with Crippen molar-refractivity contribution in [3.63, 3.8) is 0 Å². The summed E-state index contributed by atoms with van der Waals surface area (Å²) in [5.41, 5.74) is 0. The van der Waals surface area contributed by atoms with E-state index in [0.29, 0.717) is 13.2 Å². The Bertz CT molecular complexity index is 223. The van der Waals surface area contributed by atoms with Gasteiger partial charge in [-0.25, -0.2) is 0 Å². The Morgan fingerprint density at radius 2 is 2.40 bits per heavy atom. The number of amides is 1. The highest BCUT2D eigenvalue weighted by molar-refractivity contribution is 5.83. The number of aliphatic hydroxyl groups is 1. The van der Waals surface area contributed by atoms with Crippen molar-refractivity contribution >= 4 is 5.91 Å². The minimum atomic E-state index is -0.529. The molecule has 0 bridgehead atoms. The summed E-state index contributed by atoms with van der Waals surface area (Å²) in [6.07, 6.45) is 0.310. The molecule has 0 saturated carbocycles. The lowest BCUT2D eigenvalue weighted by Crippen LogP contribution is -2.43. The molecule has 1 fully saturated rings. The smallest absolute Gasteiger partial charge is 0.239 e. The zero-order valence-electron chi connectivity index (χ0n) is 9.64. The van der Waals surface area contributed by atoms with Crippen molar-refractivity contribution in [1.29, 1.82) is 0 Å². The van der Waals surface area contributed by atoms with E-state index in [4.69, 9.17) is 4.74 Å². The molecule has 1 heterocycles. The summed E-state index contributed by atoms with van der Waals surface area (Å²) in [4.78, 5) is 15.3. The first-order chi connectivity index (χ1) is 7.06. The maximum atomic E-state index is 11.7. The van der Waals surface area contributed by atoms with Crippen LogP contribution in [-0.2, 0) is 9.53 Å². The zero-order chi connectivity index (χ0) is 11.4. The first kappa shape index (κ1) is 12.4. The van der Waals surface area contributed by atoms with Gasteiger partial charge in [-0.05, 0) is 13.5 Å². The summed E-state index contributed by atoms with van der Waals surface area (Å²) >= 11 is 0. The van der Waals surface area contributed by atoms with Gasteiger partial charge in [-0.1, -0.05) is 0 Å². The number of carbonyl (C=O) groups is 1. The molecular formula is C10H20N2O3. The van der Waals surface area contributed by atoms with Crippen LogP contribution in [-0.4, -0.2) is 73.9 Å². The van der Waals surface area contributed by atoms with Gasteiger partial charge in [-0.3, -0.25) is 9.69 Å². The second kappa shape index (κ2) is 5.44. The molecule has 5 nitrogen and oxygen atoms in total. The molecule has 15 heavy (non-hydrogen) atoms. The number of hydrogen-bond acceptors (Lipinski definition) is 4. The number of nitrogens with zero attached hydrogens (tertiary/aromatic N) is 2. The highest BCUT2D eigenvalue weighted by Gasteiger charge is 2.32. The summed E-state index contributed by atoms with van der Waals surface area (Å²) in [5, 5.41) is 9.54. The van der Waals surface area contributed by atoms with Crippen LogP contribution < -0.4 is 0 Å². The van der Waals surface area contributed by atoms with Gasteiger partial charge in [0.05, 0.1) is 18.8 Å². The molecule has 1 aliphatic heterocycles. The summed E-state index contributed by atoms with van der Waals surface area (Å²) < 4.78 is 4.84. The quantitative estimate of drug-likeness (QED) is 0.651. The van der Waals surface area contributed by atoms with Gasteiger partial charge in [0.1, 0.15) is 0 Å². The van der Waals surface area contributed by atoms with E-state index in [2.05, 4.69) is 0 Å². The summed E-state index contributed by atoms with van der Waals surface area (Å²) in [6, 6.07) is -0.0819. The number of likely N-dealkylation sites (tertiary alicyclic amines) is 1. The second-order valence-electron chi connectivity index (χ2n) is 4.11. The number of likely N-dealkylation sites (N-methyl/N-ethyl adjacent to an activating group) is 2. The van der Waals surface area contributed by atoms with Crippen molar-refractivity contribution in [3.8, 4) is 0 Å². The van der Waals surface area contributed by atoms with E-state index in [1.807, 2.05) is 19.0 Å². The minimum Gasteiger partial charge on any atom is -0.389 e. The van der Waals surface area contributed by atoms with E-state index in [1.165, 1.54) is 0 Å². The molecule has 1 saturated heterocycles. The van der Waals surface area contributed by atoms with E-state index in [9.17, 15) is 9.90 Å². The lowest BCUT2D eigenvalue weighted by atomic mass is 10.2. The average molecular weight is 216 g/mol. The zero-order valence-corrected chi connectivity index (χ0v) is 9.64. The molecule has 0 aromatic rings. The Morgan fingerprint density at radius 1 is 1.73 bits per heavy atom. The molecule has 0 aromatic heterocycles. The van der Waals surface area contributed by atoms with Gasteiger partial charge in [0.15, 0.2) is 0 Å². The molecular weight excluding hydrogens is 196 g/mol. The normalized spacial score (nSPS) is 23.9. The molecule has 2 unspecified atom stereocenters. The predicted octanol–water partition coefficient (Wildman–Crippen LogP) is -0.844. The summed E-state index contributed by atoms with van der Waals surface area (Å²) in [6.45, 7) is 1.58. The van der Waals surface area contributed by atoms with Crippen LogP contribution >= 0.6 is 0 Å². The number of rotatable bonds is 5. The lowest BCUT2D eigenvalue weighted by Gasteiger charge is -2.24. The first-order valence-corrected chi connectivity index (χ1v) is 5.18. The Labute approximate surface area is 90.6 Å². The van der Waals surface area contributed by atoms with Crippen LogP contribution in [0.1, 0.15) is 6.42 Å². The molecule has 0 aliphatic carbocycles. The van der Waals surface area contributed by atoms with Gasteiger partial charge in [-0.2, -0.15) is 0 Å². The molecule has 0 spiro atoms. The monoisotopic (exact) mass is 216 g/mol. The highest BCUT2D eigenvalue weighted by Crippen LogP contribution is 2.14. The van der Waals surface area contributed by atoms with Crippen molar-refractivity contribution in [2.75, 3.05) is 40.9 Å². The number of methoxy groups -OCH3 is 1. The first-order valence-electron chi connectivity index (χ1n) is 5.18. The Morgan fingerprint density at radius 3 is 2.87 bits per heavy atom. The molecule has 1 aliphatic rings. The van der Waals surface area contributed by atoms with Crippen molar-refractivity contribution < 1.29 is 14.6 Å². The molecule has 1 rings (SSSR count). The molecule has 2 atom stereocenters. The number of aliphatic hydroxyl groups excluding tert-OH is 1. The van der Waals surface area contributed by atoms with Crippen molar-refractivity contribution in [3.05, 3.63) is 0 Å². The van der Waals surface area contributed by atoms with Crippen LogP contribution in [0.3, 0.4) is 0 Å². The van der Waals surface area contributed by atoms with Gasteiger partial charge in [0, 0.05) is 27.2 Å². The topological polar surface area (TPSA) is 53.0 Å². The third-order valence-corrected chi connectivity index (χ3v) is 2.79. The van der Waals surface area contributed by atoms with E-state index < -0.39 is 6.10 Å². The standard InChI is InChI=1S/C10H20N2O3/c1-11-5-4-9(10(11)14)12(2)6-8(13)7-15-3/h8-9,13H,4-7H2,1-3H3. The molecule has 0 radical (unpaired) electrons. The minimum absolute atomic E-state index is 0.0819. The highest BCUT2D eigenvalue weighted by atomic mass is 16.5. The maximum Gasteiger partial charge on any atom is 0.239 e. The van der Waals surface area contributed by atoms with Gasteiger partial charge in [0.25, 0.3) is 0 Å². The largest absolute Gasteiger partial charge is 0.389 e. The third-order valence-electron chi connectivity index (χ3n) is 2.79. The second-order valence-corrected chi connectivity index (χ2v) is 4.11. The van der Waals surface area contributed by atoms with Crippen LogP contribution in [0.25, 0.3) is 0 Å². The van der Waals surface area contributed by atoms with Crippen LogP contribution in [0.5, 0.6) is 0 Å². The SMILES string of the molecule is COCC(O)CN(C)C1CCN(C)C1=O. The summed E-state index contributed by atoms with van der Waals surface area (Å²) in [5.74, 6) is 0.141. The number of hydrogen-bond donors (Lipinski definition) is 1. The van der Waals surface area contributed by atoms with Crippen molar-refractivity contribution in [2.24, 2.45) is 0 Å². The molecule has 88 valence electrons. The van der Waals surface area contributed by atoms with Crippen LogP contribution in [0.4, 0.5) is 0 Å². The van der Waals surface area contributed by atoms with Gasteiger partial charge in [0.2, 0.25) is 5.91 Å². The molecule has 1 amide bonds. The van der Waals surface area contributed by atoms with Crippen molar-refractivity contribution in [1.82, 2.24) is 9.80 Å². The fraction of sp³-hybridized carbons (Fsp3) is 0.900. The molecule has 5 heteroatoms. The van der Waals surface area contributed by atoms with E-state index in [1.54, 1.807) is 12.0 Å². The lowest BCUT2D eigenvalue weighted by molar-refractivity contribution is -0.131. The molecule has 0 aromatic carbocycles. The Balaban J connectivity index is 2.40. The van der Waals surface area contributed by atoms with E-state index in [-0.39, 0.29) is 11.9 Å². The average Bonchev–Trinajstić information content (AvgIpc) is 2.48. The molecule has 1 N–H and O–H groups in total. The van der Waals surface area contributed by atoms with Crippen LogP contribution in [0, 0.1) is 0 Å². The Hall–Kier alpha value is -0.650. The maximum absolute atomic E-state index is 11.7. The van der Waals surface area contributed by atoms with Crippen LogP contribution in [0.2, 0.25) is 0 Å². The summed E-state index contributed by atoms with van der Waals surface area (Å²) in [7, 11) is 5.22. The van der Waals surface area contributed by atoms with E-state index >= 15 is 0 Å². The van der Waals surface area contributed by atoms with Gasteiger partial charge in [-0.15, -0.1) is 0 Å². The Kier molecular flexibility index (Phi) is 4.50. The van der Waals surface area contributed by atoms with Gasteiger partial charge < -0.3 is 14.7 Å². The fourth-order valence-electron chi connectivity index (χ4n) is 1.92. The van der Waals surface area contributed by atoms with E-state index in [0.717, 1.165) is 13.0 Å². The van der Waals surface area contributed by atoms with Crippen molar-refractivity contribution in [2.45, 2.75) is 18.6 Å². The van der Waals surface area contributed by atoms with Gasteiger partial charge >= 0.3 is 0 Å². The van der Waals surface area contributed by atoms with Crippen LogP contribution in [0.15, 0.2) is 0 Å². The fourth-order valence-corrected chi connectivity index (χ4v) is 1.92. The number of ether oxygens (including phenoxy) is 1. The third kappa shape index (κ3) is 3.15. The number of carbonyl (C=O) groups excluding carboxylic acids is 1.